The highest BCUT2D eigenvalue weighted by Crippen LogP contribution is 2.21. The van der Waals surface area contributed by atoms with Crippen molar-refractivity contribution in [3.63, 3.8) is 0 Å². The van der Waals surface area contributed by atoms with Gasteiger partial charge in [0.15, 0.2) is 6.61 Å². The number of hydrogen-bond acceptors (Lipinski definition) is 5. The number of amides is 1. The number of carbonyl (C=O) groups excluding carboxylic acids is 1. The highest BCUT2D eigenvalue weighted by molar-refractivity contribution is 5.83. The van der Waals surface area contributed by atoms with E-state index in [0.717, 1.165) is 12.0 Å². The fourth-order valence-corrected chi connectivity index (χ4v) is 2.09. The largest absolute Gasteiger partial charge is 0.497 e. The van der Waals surface area contributed by atoms with Gasteiger partial charge in [-0.25, -0.2) is 5.43 Å². The molecule has 1 amide bonds. The topological polar surface area (TPSA) is 69.2 Å². The molecule has 0 unspecified atom stereocenters. The number of ether oxygens (including phenoxy) is 3. The Kier molecular flexibility index (Phi) is 6.83. The molecule has 0 fully saturated rings. The van der Waals surface area contributed by atoms with E-state index in [1.807, 2.05) is 24.3 Å². The summed E-state index contributed by atoms with van der Waals surface area (Å²) in [4.78, 5) is 11.8. The van der Waals surface area contributed by atoms with Crippen molar-refractivity contribution < 1.29 is 19.0 Å². The van der Waals surface area contributed by atoms with E-state index < -0.39 is 0 Å². The van der Waals surface area contributed by atoms with Crippen molar-refractivity contribution in [2.75, 3.05) is 20.8 Å². The van der Waals surface area contributed by atoms with Gasteiger partial charge in [0.25, 0.3) is 5.91 Å². The molecule has 0 aromatic heterocycles. The standard InChI is InChI=1S/C19H22N2O4/c1-4-14-5-7-16(8-6-14)25-13-19(22)21-20-12-15-9-17(23-2)11-18(10-15)24-3/h5-12H,4,13H2,1-3H3,(H,21,22)/b20-12+. The van der Waals surface area contributed by atoms with E-state index in [2.05, 4.69) is 17.5 Å². The average Bonchev–Trinajstić information content (AvgIpc) is 2.66. The quantitative estimate of drug-likeness (QED) is 0.592. The molecule has 0 atom stereocenters. The summed E-state index contributed by atoms with van der Waals surface area (Å²) >= 11 is 0. The summed E-state index contributed by atoms with van der Waals surface area (Å²) < 4.78 is 15.8. The molecule has 132 valence electrons. The van der Waals surface area contributed by atoms with Crippen LogP contribution in [0.1, 0.15) is 18.1 Å². The number of hydrazone groups is 1. The number of nitrogens with one attached hydrogen (secondary N) is 1. The Hall–Kier alpha value is -3.02. The number of aryl methyl sites for hydroxylation is 1. The lowest BCUT2D eigenvalue weighted by Crippen LogP contribution is -2.24. The Labute approximate surface area is 147 Å². The Bertz CT molecular complexity index is 704. The Morgan fingerprint density at radius 3 is 2.24 bits per heavy atom. The summed E-state index contributed by atoms with van der Waals surface area (Å²) in [6, 6.07) is 13.0. The van der Waals surface area contributed by atoms with E-state index in [0.29, 0.717) is 17.2 Å². The molecule has 2 aromatic carbocycles. The minimum atomic E-state index is -0.342. The zero-order chi connectivity index (χ0) is 18.1. The van der Waals surface area contributed by atoms with E-state index in [1.165, 1.54) is 11.8 Å². The molecule has 0 aliphatic carbocycles. The van der Waals surface area contributed by atoms with Crippen molar-refractivity contribution >= 4 is 12.1 Å². The Morgan fingerprint density at radius 1 is 1.04 bits per heavy atom. The molecular formula is C19H22N2O4. The van der Waals surface area contributed by atoms with Crippen molar-refractivity contribution in [1.82, 2.24) is 5.43 Å². The van der Waals surface area contributed by atoms with Crippen LogP contribution in [0.2, 0.25) is 0 Å². The van der Waals surface area contributed by atoms with Gasteiger partial charge in [0, 0.05) is 11.6 Å². The maximum absolute atomic E-state index is 11.8. The van der Waals surface area contributed by atoms with Gasteiger partial charge in [0.1, 0.15) is 17.2 Å². The first-order chi connectivity index (χ1) is 12.1. The van der Waals surface area contributed by atoms with Gasteiger partial charge < -0.3 is 14.2 Å². The predicted octanol–water partition coefficient (Wildman–Crippen LogP) is 2.80. The summed E-state index contributed by atoms with van der Waals surface area (Å²) in [7, 11) is 3.14. The summed E-state index contributed by atoms with van der Waals surface area (Å²) in [6.45, 7) is 1.98. The summed E-state index contributed by atoms with van der Waals surface area (Å²) in [6.07, 6.45) is 2.48. The molecule has 0 saturated heterocycles. The second-order valence-electron chi connectivity index (χ2n) is 5.23. The van der Waals surface area contributed by atoms with Crippen LogP contribution in [0.4, 0.5) is 0 Å². The normalized spacial score (nSPS) is 10.5. The number of benzene rings is 2. The van der Waals surface area contributed by atoms with Gasteiger partial charge in [0.2, 0.25) is 0 Å². The molecule has 0 heterocycles. The van der Waals surface area contributed by atoms with Gasteiger partial charge in [-0.1, -0.05) is 19.1 Å². The van der Waals surface area contributed by atoms with Gasteiger partial charge in [-0.2, -0.15) is 5.10 Å². The van der Waals surface area contributed by atoms with Crippen LogP contribution in [-0.4, -0.2) is 32.9 Å². The van der Waals surface area contributed by atoms with Crippen LogP contribution in [0.15, 0.2) is 47.6 Å². The number of methoxy groups -OCH3 is 2. The monoisotopic (exact) mass is 342 g/mol. The van der Waals surface area contributed by atoms with Crippen LogP contribution in [-0.2, 0) is 11.2 Å². The van der Waals surface area contributed by atoms with E-state index in [-0.39, 0.29) is 12.5 Å². The molecule has 6 nitrogen and oxygen atoms in total. The molecule has 2 rings (SSSR count). The van der Waals surface area contributed by atoms with Gasteiger partial charge >= 0.3 is 0 Å². The van der Waals surface area contributed by atoms with Gasteiger partial charge in [-0.05, 0) is 36.2 Å². The summed E-state index contributed by atoms with van der Waals surface area (Å²) in [5.41, 5.74) is 4.38. The second kappa shape index (κ2) is 9.32. The summed E-state index contributed by atoms with van der Waals surface area (Å²) in [5.74, 6) is 1.59. The molecule has 0 spiro atoms. The van der Waals surface area contributed by atoms with Crippen molar-refractivity contribution in [1.29, 1.82) is 0 Å². The van der Waals surface area contributed by atoms with Crippen molar-refractivity contribution in [2.45, 2.75) is 13.3 Å². The molecule has 25 heavy (non-hydrogen) atoms. The molecule has 2 aromatic rings. The van der Waals surface area contributed by atoms with Gasteiger partial charge in [-0.15, -0.1) is 0 Å². The lowest BCUT2D eigenvalue weighted by atomic mass is 10.2. The predicted molar refractivity (Wildman–Crippen MR) is 96.6 cm³/mol. The Balaban J connectivity index is 1.85. The van der Waals surface area contributed by atoms with Crippen molar-refractivity contribution in [3.8, 4) is 17.2 Å². The van der Waals surface area contributed by atoms with Crippen LogP contribution in [0.3, 0.4) is 0 Å². The minimum absolute atomic E-state index is 0.107. The maximum Gasteiger partial charge on any atom is 0.277 e. The first kappa shape index (κ1) is 18.3. The molecule has 0 aliphatic rings. The van der Waals surface area contributed by atoms with Gasteiger partial charge in [0.05, 0.1) is 20.4 Å². The fourth-order valence-electron chi connectivity index (χ4n) is 2.09. The van der Waals surface area contributed by atoms with E-state index >= 15 is 0 Å². The van der Waals surface area contributed by atoms with Crippen molar-refractivity contribution in [3.05, 3.63) is 53.6 Å². The zero-order valence-corrected chi connectivity index (χ0v) is 14.6. The third-order valence-electron chi connectivity index (χ3n) is 3.48. The third-order valence-corrected chi connectivity index (χ3v) is 3.48. The molecule has 0 radical (unpaired) electrons. The minimum Gasteiger partial charge on any atom is -0.497 e. The first-order valence-corrected chi connectivity index (χ1v) is 7.91. The summed E-state index contributed by atoms with van der Waals surface area (Å²) in [5, 5.41) is 3.92. The second-order valence-corrected chi connectivity index (χ2v) is 5.23. The van der Waals surface area contributed by atoms with E-state index in [1.54, 1.807) is 32.4 Å². The van der Waals surface area contributed by atoms with E-state index in [9.17, 15) is 4.79 Å². The highest BCUT2D eigenvalue weighted by atomic mass is 16.5. The Morgan fingerprint density at radius 2 is 1.68 bits per heavy atom. The molecule has 0 saturated carbocycles. The zero-order valence-electron chi connectivity index (χ0n) is 14.6. The van der Waals surface area contributed by atoms with Crippen LogP contribution in [0, 0.1) is 0 Å². The highest BCUT2D eigenvalue weighted by Gasteiger charge is 2.03. The number of nitrogens with zero attached hydrogens (tertiary/aromatic N) is 1. The van der Waals surface area contributed by atoms with Crippen LogP contribution in [0.5, 0.6) is 17.2 Å². The maximum atomic E-state index is 11.8. The molecule has 0 aliphatic heterocycles. The molecule has 1 N–H and O–H groups in total. The number of rotatable bonds is 8. The lowest BCUT2D eigenvalue weighted by Gasteiger charge is -2.06. The molecule has 0 bridgehead atoms. The molecule has 6 heteroatoms. The van der Waals surface area contributed by atoms with Gasteiger partial charge in [-0.3, -0.25) is 4.79 Å². The first-order valence-electron chi connectivity index (χ1n) is 7.91. The molecular weight excluding hydrogens is 320 g/mol. The fraction of sp³-hybridized carbons (Fsp3) is 0.263. The van der Waals surface area contributed by atoms with Crippen LogP contribution in [0.25, 0.3) is 0 Å². The number of hydrogen-bond donors (Lipinski definition) is 1. The number of carbonyl (C=O) groups is 1. The SMILES string of the molecule is CCc1ccc(OCC(=O)N/N=C/c2cc(OC)cc(OC)c2)cc1. The van der Waals surface area contributed by atoms with Crippen LogP contribution >= 0.6 is 0 Å². The average molecular weight is 342 g/mol. The van der Waals surface area contributed by atoms with E-state index in [4.69, 9.17) is 14.2 Å². The van der Waals surface area contributed by atoms with Crippen molar-refractivity contribution in [2.24, 2.45) is 5.10 Å². The smallest absolute Gasteiger partial charge is 0.277 e. The third kappa shape index (κ3) is 5.84. The lowest BCUT2D eigenvalue weighted by molar-refractivity contribution is -0.123. The van der Waals surface area contributed by atoms with Crippen LogP contribution < -0.4 is 19.6 Å².